The van der Waals surface area contributed by atoms with Crippen molar-refractivity contribution in [3.63, 3.8) is 0 Å². The molecule has 4 N–H and O–H groups in total. The molecule has 2 heterocycles. The van der Waals surface area contributed by atoms with Crippen molar-refractivity contribution in [2.75, 3.05) is 5.32 Å². The Hall–Kier alpha value is -3.67. The lowest BCUT2D eigenvalue weighted by molar-refractivity contribution is -0.117. The third-order valence-corrected chi connectivity index (χ3v) is 3.73. The standard InChI is InChI=1S/C16H15N7O2/c1-8-11(7-17)14(23-20-8)19-15(24)9(2)18-16(25)13-10-5-3-4-6-12(10)21-22-13/h3-6,9H,1-2H3,(H,18,25)(H,21,22)(H2,19,20,23,24). The molecule has 25 heavy (non-hydrogen) atoms. The van der Waals surface area contributed by atoms with Crippen LogP contribution in [-0.2, 0) is 4.79 Å². The predicted molar refractivity (Wildman–Crippen MR) is 89.7 cm³/mol. The summed E-state index contributed by atoms with van der Waals surface area (Å²) in [6.45, 7) is 3.21. The normalized spacial score (nSPS) is 11.7. The van der Waals surface area contributed by atoms with Gasteiger partial charge in [0.2, 0.25) is 5.91 Å². The van der Waals surface area contributed by atoms with E-state index in [-0.39, 0.29) is 17.1 Å². The molecule has 0 fully saturated rings. The number of rotatable bonds is 4. The minimum atomic E-state index is -0.841. The third kappa shape index (κ3) is 3.05. The van der Waals surface area contributed by atoms with Gasteiger partial charge in [0.15, 0.2) is 11.5 Å². The Morgan fingerprint density at radius 2 is 2.00 bits per heavy atom. The molecule has 9 nitrogen and oxygen atoms in total. The van der Waals surface area contributed by atoms with Crippen LogP contribution in [0.25, 0.3) is 10.9 Å². The maximum absolute atomic E-state index is 12.4. The van der Waals surface area contributed by atoms with Crippen LogP contribution in [0.15, 0.2) is 24.3 Å². The number of amides is 2. The molecule has 126 valence electrons. The molecule has 0 radical (unpaired) electrons. The van der Waals surface area contributed by atoms with Crippen molar-refractivity contribution in [1.82, 2.24) is 25.7 Å². The molecule has 0 aliphatic heterocycles. The summed E-state index contributed by atoms with van der Waals surface area (Å²) in [5.41, 5.74) is 1.75. The minimum absolute atomic E-state index is 0.135. The number of aryl methyl sites for hydroxylation is 1. The Kier molecular flexibility index (Phi) is 4.18. The van der Waals surface area contributed by atoms with Gasteiger partial charge in [0.25, 0.3) is 5.91 Å². The number of para-hydroxylation sites is 1. The van der Waals surface area contributed by atoms with Crippen LogP contribution in [0.3, 0.4) is 0 Å². The number of anilines is 1. The molecule has 0 aliphatic carbocycles. The zero-order valence-corrected chi connectivity index (χ0v) is 13.5. The van der Waals surface area contributed by atoms with Crippen LogP contribution >= 0.6 is 0 Å². The highest BCUT2D eigenvalue weighted by Gasteiger charge is 2.22. The second-order valence-corrected chi connectivity index (χ2v) is 5.49. The van der Waals surface area contributed by atoms with Gasteiger partial charge in [0, 0.05) is 5.39 Å². The number of nitrogens with zero attached hydrogens (tertiary/aromatic N) is 3. The summed E-state index contributed by atoms with van der Waals surface area (Å²) in [5.74, 6) is -0.827. The Labute approximate surface area is 142 Å². The zero-order chi connectivity index (χ0) is 18.0. The van der Waals surface area contributed by atoms with Gasteiger partial charge in [0.05, 0.1) is 11.2 Å². The number of carbonyl (C=O) groups excluding carboxylic acids is 2. The van der Waals surface area contributed by atoms with Crippen LogP contribution in [0, 0.1) is 18.3 Å². The third-order valence-electron chi connectivity index (χ3n) is 3.73. The maximum Gasteiger partial charge on any atom is 0.273 e. The first-order valence-corrected chi connectivity index (χ1v) is 7.51. The van der Waals surface area contributed by atoms with Crippen molar-refractivity contribution in [3.05, 3.63) is 41.2 Å². The molecular weight excluding hydrogens is 322 g/mol. The van der Waals surface area contributed by atoms with Crippen LogP contribution < -0.4 is 10.6 Å². The Balaban J connectivity index is 1.71. The molecule has 1 aromatic carbocycles. The van der Waals surface area contributed by atoms with Gasteiger partial charge in [0.1, 0.15) is 17.7 Å². The quantitative estimate of drug-likeness (QED) is 0.567. The van der Waals surface area contributed by atoms with Crippen molar-refractivity contribution >= 4 is 28.5 Å². The van der Waals surface area contributed by atoms with E-state index in [2.05, 4.69) is 31.0 Å². The van der Waals surface area contributed by atoms with E-state index in [4.69, 9.17) is 5.26 Å². The first kappa shape index (κ1) is 16.2. The van der Waals surface area contributed by atoms with E-state index < -0.39 is 17.9 Å². The first-order chi connectivity index (χ1) is 12.0. The van der Waals surface area contributed by atoms with Crippen molar-refractivity contribution < 1.29 is 9.59 Å². The van der Waals surface area contributed by atoms with E-state index in [9.17, 15) is 9.59 Å². The average Bonchev–Trinajstić information content (AvgIpc) is 3.18. The van der Waals surface area contributed by atoms with Crippen molar-refractivity contribution in [2.45, 2.75) is 19.9 Å². The molecule has 3 rings (SSSR count). The summed E-state index contributed by atoms with van der Waals surface area (Å²) in [6, 6.07) is 8.32. The molecule has 1 unspecified atom stereocenters. The van der Waals surface area contributed by atoms with Gasteiger partial charge in [-0.15, -0.1) is 0 Å². The molecule has 0 saturated carbocycles. The number of aromatic amines is 2. The summed E-state index contributed by atoms with van der Waals surface area (Å²) in [4.78, 5) is 24.6. The van der Waals surface area contributed by atoms with Crippen LogP contribution in [0.1, 0.15) is 28.7 Å². The van der Waals surface area contributed by atoms with E-state index >= 15 is 0 Å². The Morgan fingerprint density at radius 3 is 2.76 bits per heavy atom. The number of H-pyrrole nitrogens is 2. The van der Waals surface area contributed by atoms with Crippen LogP contribution in [-0.4, -0.2) is 38.3 Å². The van der Waals surface area contributed by atoms with Crippen molar-refractivity contribution in [1.29, 1.82) is 5.26 Å². The molecule has 0 spiro atoms. The molecule has 2 amide bonds. The highest BCUT2D eigenvalue weighted by atomic mass is 16.2. The van der Waals surface area contributed by atoms with Gasteiger partial charge in [-0.05, 0) is 19.9 Å². The van der Waals surface area contributed by atoms with Crippen molar-refractivity contribution in [3.8, 4) is 6.07 Å². The molecule has 0 aliphatic rings. The molecule has 0 saturated heterocycles. The SMILES string of the molecule is Cc1[nH]nc(NC(=O)C(C)NC(=O)c2n[nH]c3ccccc23)c1C#N. The van der Waals surface area contributed by atoms with Gasteiger partial charge in [-0.3, -0.25) is 19.8 Å². The van der Waals surface area contributed by atoms with E-state index in [1.165, 1.54) is 6.92 Å². The van der Waals surface area contributed by atoms with Gasteiger partial charge in [-0.25, -0.2) is 0 Å². The monoisotopic (exact) mass is 337 g/mol. The molecule has 3 aromatic rings. The van der Waals surface area contributed by atoms with E-state index in [0.29, 0.717) is 11.1 Å². The smallest absolute Gasteiger partial charge is 0.273 e. The summed E-state index contributed by atoms with van der Waals surface area (Å²) >= 11 is 0. The predicted octanol–water partition coefficient (Wildman–Crippen LogP) is 1.22. The van der Waals surface area contributed by atoms with Gasteiger partial charge < -0.3 is 10.6 Å². The fourth-order valence-electron chi connectivity index (χ4n) is 2.35. The second-order valence-electron chi connectivity index (χ2n) is 5.49. The van der Waals surface area contributed by atoms with Gasteiger partial charge in [-0.2, -0.15) is 15.5 Å². The highest BCUT2D eigenvalue weighted by Crippen LogP contribution is 2.16. The number of carbonyl (C=O) groups is 2. The lowest BCUT2D eigenvalue weighted by Gasteiger charge is -2.12. The summed E-state index contributed by atoms with van der Waals surface area (Å²) in [6.07, 6.45) is 0. The average molecular weight is 337 g/mol. The van der Waals surface area contributed by atoms with Gasteiger partial charge in [-0.1, -0.05) is 18.2 Å². The largest absolute Gasteiger partial charge is 0.339 e. The molecule has 0 bridgehead atoms. The van der Waals surface area contributed by atoms with Crippen LogP contribution in [0.4, 0.5) is 5.82 Å². The second kappa shape index (κ2) is 6.45. The molecule has 2 aromatic heterocycles. The van der Waals surface area contributed by atoms with E-state index in [0.717, 1.165) is 5.52 Å². The number of benzene rings is 1. The Bertz CT molecular complexity index is 995. The number of nitriles is 1. The summed E-state index contributed by atoms with van der Waals surface area (Å²) in [5, 5.41) is 28.1. The first-order valence-electron chi connectivity index (χ1n) is 7.51. The summed E-state index contributed by atoms with van der Waals surface area (Å²) < 4.78 is 0. The topological polar surface area (TPSA) is 139 Å². The van der Waals surface area contributed by atoms with E-state index in [1.807, 2.05) is 12.1 Å². The lowest BCUT2D eigenvalue weighted by Crippen LogP contribution is -2.42. The highest BCUT2D eigenvalue weighted by molar-refractivity contribution is 6.07. The molecular formula is C16H15N7O2. The summed E-state index contributed by atoms with van der Waals surface area (Å²) in [7, 11) is 0. The van der Waals surface area contributed by atoms with Crippen LogP contribution in [0.5, 0.6) is 0 Å². The van der Waals surface area contributed by atoms with Crippen molar-refractivity contribution in [2.24, 2.45) is 0 Å². The van der Waals surface area contributed by atoms with Crippen LogP contribution in [0.2, 0.25) is 0 Å². The van der Waals surface area contributed by atoms with E-state index in [1.54, 1.807) is 25.1 Å². The number of aromatic nitrogens is 4. The number of nitrogens with one attached hydrogen (secondary N) is 4. The Morgan fingerprint density at radius 1 is 1.24 bits per heavy atom. The molecule has 9 heteroatoms. The number of fused-ring (bicyclic) bond motifs is 1. The van der Waals surface area contributed by atoms with Gasteiger partial charge >= 0.3 is 0 Å². The number of hydrogen-bond donors (Lipinski definition) is 4. The fraction of sp³-hybridized carbons (Fsp3) is 0.188. The number of hydrogen-bond acceptors (Lipinski definition) is 5. The molecule has 1 atom stereocenters. The minimum Gasteiger partial charge on any atom is -0.339 e. The maximum atomic E-state index is 12.4. The lowest BCUT2D eigenvalue weighted by atomic mass is 10.2. The fourth-order valence-corrected chi connectivity index (χ4v) is 2.35. The zero-order valence-electron chi connectivity index (χ0n) is 13.5.